The largest absolute Gasteiger partial charge is 0.327 e. The van der Waals surface area contributed by atoms with Crippen molar-refractivity contribution in [3.8, 4) is 0 Å². The molecule has 0 unspecified atom stereocenters. The number of nitrogens with two attached hydrogens (primary N) is 1. The molecular weight excluding hydrogens is 186 g/mol. The molecule has 0 heterocycles. The molecule has 2 heteroatoms. The first-order chi connectivity index (χ1) is 7.31. The first-order valence-electron chi connectivity index (χ1n) is 5.34. The van der Waals surface area contributed by atoms with Crippen LogP contribution in [0.15, 0.2) is 24.3 Å². The number of benzene rings is 1. The normalized spacial score (nSPS) is 15.7. The minimum Gasteiger partial charge on any atom is -0.327 e. The Balaban J connectivity index is 2.35. The maximum absolute atomic E-state index is 11.7. The molecule has 0 amide bonds. The number of fused-ring (bicyclic) bond motifs is 1. The minimum absolute atomic E-state index is 0.277. The number of ketones is 1. The van der Waals surface area contributed by atoms with Gasteiger partial charge in [0.25, 0.3) is 0 Å². The molecule has 1 aromatic rings. The summed E-state index contributed by atoms with van der Waals surface area (Å²) in [4.78, 5) is 11.7. The van der Waals surface area contributed by atoms with E-state index in [-0.39, 0.29) is 5.78 Å². The third-order valence-electron chi connectivity index (χ3n) is 2.73. The summed E-state index contributed by atoms with van der Waals surface area (Å²) in [5.41, 5.74) is 8.55. The number of hydrogen-bond acceptors (Lipinski definition) is 2. The van der Waals surface area contributed by atoms with Gasteiger partial charge in [0, 0.05) is 18.5 Å². The molecule has 0 aromatic heterocycles. The summed E-state index contributed by atoms with van der Waals surface area (Å²) in [7, 11) is 0. The first-order valence-corrected chi connectivity index (χ1v) is 5.34. The second-order valence-electron chi connectivity index (χ2n) is 3.83. The topological polar surface area (TPSA) is 43.1 Å². The molecule has 0 radical (unpaired) electrons. The summed E-state index contributed by atoms with van der Waals surface area (Å²) in [5.74, 6) is 0.277. The van der Waals surface area contributed by atoms with Crippen LogP contribution in [-0.4, -0.2) is 12.3 Å². The van der Waals surface area contributed by atoms with Gasteiger partial charge in [0.15, 0.2) is 5.78 Å². The van der Waals surface area contributed by atoms with E-state index in [1.54, 1.807) is 0 Å². The van der Waals surface area contributed by atoms with E-state index >= 15 is 0 Å². The fourth-order valence-electron chi connectivity index (χ4n) is 1.95. The van der Waals surface area contributed by atoms with Gasteiger partial charge in [0.05, 0.1) is 0 Å². The molecule has 0 fully saturated rings. The molecule has 1 aliphatic rings. The molecule has 0 spiro atoms. The lowest BCUT2D eigenvalue weighted by Crippen LogP contribution is -2.10. The van der Waals surface area contributed by atoms with Crippen molar-refractivity contribution < 1.29 is 4.79 Å². The third kappa shape index (κ3) is 2.16. The number of Topliss-reactive ketones (excluding diaryl/α,β-unsaturated/α-hetero) is 1. The molecule has 0 saturated carbocycles. The van der Waals surface area contributed by atoms with Crippen molar-refractivity contribution >= 4 is 11.9 Å². The van der Waals surface area contributed by atoms with Crippen LogP contribution in [0.3, 0.4) is 0 Å². The van der Waals surface area contributed by atoms with Gasteiger partial charge in [-0.1, -0.05) is 24.3 Å². The van der Waals surface area contributed by atoms with E-state index in [4.69, 9.17) is 5.73 Å². The van der Waals surface area contributed by atoms with Crippen molar-refractivity contribution in [1.29, 1.82) is 0 Å². The highest BCUT2D eigenvalue weighted by Gasteiger charge is 2.16. The standard InChI is InChI=1S/C13H15NO/c14-8-2-3-10-6-7-11-4-1-5-13(15)12(11)9-10/h2-3,6-7,9H,1,4-5,8,14H2. The van der Waals surface area contributed by atoms with Gasteiger partial charge >= 0.3 is 0 Å². The van der Waals surface area contributed by atoms with Gasteiger partial charge in [0.2, 0.25) is 0 Å². The van der Waals surface area contributed by atoms with Gasteiger partial charge in [-0.3, -0.25) is 4.79 Å². The Labute approximate surface area is 89.8 Å². The van der Waals surface area contributed by atoms with E-state index in [1.165, 1.54) is 5.56 Å². The summed E-state index contributed by atoms with van der Waals surface area (Å²) in [6.45, 7) is 0.533. The van der Waals surface area contributed by atoms with Gasteiger partial charge in [-0.25, -0.2) is 0 Å². The van der Waals surface area contributed by atoms with Crippen molar-refractivity contribution in [1.82, 2.24) is 0 Å². The molecule has 2 rings (SSSR count). The van der Waals surface area contributed by atoms with Gasteiger partial charge < -0.3 is 5.73 Å². The van der Waals surface area contributed by atoms with Gasteiger partial charge in [-0.05, 0) is 30.0 Å². The molecule has 1 aromatic carbocycles. The fraction of sp³-hybridized carbons (Fsp3) is 0.308. The summed E-state index contributed by atoms with van der Waals surface area (Å²) >= 11 is 0. The average molecular weight is 201 g/mol. The van der Waals surface area contributed by atoms with Crippen molar-refractivity contribution in [2.75, 3.05) is 6.54 Å². The number of hydrogen-bond donors (Lipinski definition) is 1. The van der Waals surface area contributed by atoms with E-state index in [0.29, 0.717) is 13.0 Å². The average Bonchev–Trinajstić information content (AvgIpc) is 2.27. The van der Waals surface area contributed by atoms with E-state index in [9.17, 15) is 4.79 Å². The Bertz CT molecular complexity index is 407. The molecule has 0 bridgehead atoms. The summed E-state index contributed by atoms with van der Waals surface area (Å²) in [6.07, 6.45) is 6.57. The number of carbonyl (C=O) groups excluding carboxylic acids is 1. The van der Waals surface area contributed by atoms with Crippen LogP contribution in [0, 0.1) is 0 Å². The molecule has 78 valence electrons. The highest BCUT2D eigenvalue weighted by Crippen LogP contribution is 2.22. The molecule has 2 nitrogen and oxygen atoms in total. The lowest BCUT2D eigenvalue weighted by atomic mass is 9.89. The highest BCUT2D eigenvalue weighted by molar-refractivity contribution is 5.98. The zero-order valence-corrected chi connectivity index (χ0v) is 8.70. The lowest BCUT2D eigenvalue weighted by molar-refractivity contribution is 0.0972. The van der Waals surface area contributed by atoms with Crippen LogP contribution in [0.1, 0.15) is 34.3 Å². The number of rotatable bonds is 2. The van der Waals surface area contributed by atoms with Crippen LogP contribution in [-0.2, 0) is 6.42 Å². The van der Waals surface area contributed by atoms with Crippen LogP contribution < -0.4 is 5.73 Å². The Morgan fingerprint density at radius 2 is 2.20 bits per heavy atom. The summed E-state index contributed by atoms with van der Waals surface area (Å²) in [6, 6.07) is 6.08. The molecular formula is C13H15NO. The second-order valence-corrected chi connectivity index (χ2v) is 3.83. The molecule has 0 atom stereocenters. The van der Waals surface area contributed by atoms with Crippen molar-refractivity contribution in [2.45, 2.75) is 19.3 Å². The van der Waals surface area contributed by atoms with Crippen molar-refractivity contribution in [3.63, 3.8) is 0 Å². The highest BCUT2D eigenvalue weighted by atomic mass is 16.1. The zero-order chi connectivity index (χ0) is 10.7. The maximum Gasteiger partial charge on any atom is 0.163 e. The second kappa shape index (κ2) is 4.41. The van der Waals surface area contributed by atoms with E-state index in [1.807, 2.05) is 24.3 Å². The Morgan fingerprint density at radius 3 is 3.00 bits per heavy atom. The molecule has 0 saturated heterocycles. The van der Waals surface area contributed by atoms with Crippen LogP contribution in [0.4, 0.5) is 0 Å². The third-order valence-corrected chi connectivity index (χ3v) is 2.73. The fourth-order valence-corrected chi connectivity index (χ4v) is 1.95. The number of carbonyl (C=O) groups is 1. The van der Waals surface area contributed by atoms with Crippen LogP contribution in [0.5, 0.6) is 0 Å². The Kier molecular flexibility index (Phi) is 2.97. The van der Waals surface area contributed by atoms with Gasteiger partial charge in [0.1, 0.15) is 0 Å². The van der Waals surface area contributed by atoms with Gasteiger partial charge in [-0.2, -0.15) is 0 Å². The van der Waals surface area contributed by atoms with Crippen molar-refractivity contribution in [3.05, 3.63) is 41.0 Å². The SMILES string of the molecule is NCC=Cc1ccc2c(c1)C(=O)CCC2. The van der Waals surface area contributed by atoms with Crippen LogP contribution in [0.2, 0.25) is 0 Å². The predicted octanol–water partition coefficient (Wildman–Crippen LogP) is 2.18. The first kappa shape index (κ1) is 10.1. The maximum atomic E-state index is 11.7. The van der Waals surface area contributed by atoms with E-state index < -0.39 is 0 Å². The molecule has 15 heavy (non-hydrogen) atoms. The lowest BCUT2D eigenvalue weighted by Gasteiger charge is -2.14. The Hall–Kier alpha value is -1.41. The summed E-state index contributed by atoms with van der Waals surface area (Å²) < 4.78 is 0. The molecule has 0 aliphatic heterocycles. The van der Waals surface area contributed by atoms with E-state index in [2.05, 4.69) is 6.07 Å². The Morgan fingerprint density at radius 1 is 1.33 bits per heavy atom. The van der Waals surface area contributed by atoms with Crippen LogP contribution >= 0.6 is 0 Å². The minimum atomic E-state index is 0.277. The quantitative estimate of drug-likeness (QED) is 0.797. The smallest absolute Gasteiger partial charge is 0.163 e. The van der Waals surface area contributed by atoms with E-state index in [0.717, 1.165) is 24.0 Å². The molecule has 2 N–H and O–H groups in total. The summed E-state index contributed by atoms with van der Waals surface area (Å²) in [5, 5.41) is 0. The monoisotopic (exact) mass is 201 g/mol. The van der Waals surface area contributed by atoms with Crippen LogP contribution in [0.25, 0.3) is 6.08 Å². The van der Waals surface area contributed by atoms with Crippen molar-refractivity contribution in [2.24, 2.45) is 5.73 Å². The number of aryl methyl sites for hydroxylation is 1. The van der Waals surface area contributed by atoms with Gasteiger partial charge in [-0.15, -0.1) is 0 Å². The predicted molar refractivity (Wildman–Crippen MR) is 61.8 cm³/mol. The molecule has 1 aliphatic carbocycles. The zero-order valence-electron chi connectivity index (χ0n) is 8.70.